The molecule has 0 spiro atoms. The fraction of sp³-hybridized carbons (Fsp3) is 0.217. The molecule has 3 aliphatic rings. The first kappa shape index (κ1) is 21.8. The highest BCUT2D eigenvalue weighted by Crippen LogP contribution is 2.38. The van der Waals surface area contributed by atoms with Gasteiger partial charge in [-0.05, 0) is 31.3 Å². The molecule has 10 heteroatoms. The highest BCUT2D eigenvalue weighted by atomic mass is 35.5. The number of carbonyl (C=O) groups is 2. The van der Waals surface area contributed by atoms with Crippen molar-refractivity contribution in [3.8, 4) is 0 Å². The minimum Gasteiger partial charge on any atom is -0.321 e. The van der Waals surface area contributed by atoms with E-state index in [-0.39, 0.29) is 16.0 Å². The molecule has 0 atom stereocenters. The van der Waals surface area contributed by atoms with Gasteiger partial charge in [-0.25, -0.2) is 8.42 Å². The highest BCUT2D eigenvalue weighted by Gasteiger charge is 2.41. The van der Waals surface area contributed by atoms with Crippen molar-refractivity contribution in [2.75, 3.05) is 33.2 Å². The van der Waals surface area contributed by atoms with Gasteiger partial charge < -0.3 is 15.5 Å². The van der Waals surface area contributed by atoms with Crippen LogP contribution in [0.5, 0.6) is 0 Å². The van der Waals surface area contributed by atoms with Gasteiger partial charge >= 0.3 is 0 Å². The van der Waals surface area contributed by atoms with Crippen molar-refractivity contribution in [1.82, 2.24) is 19.8 Å². The maximum Gasteiger partial charge on any atom is 0.258 e. The highest BCUT2D eigenvalue weighted by molar-refractivity contribution is 7.89. The minimum atomic E-state index is -3.70. The molecule has 170 valence electrons. The van der Waals surface area contributed by atoms with Crippen molar-refractivity contribution in [3.63, 3.8) is 0 Å². The van der Waals surface area contributed by atoms with Crippen LogP contribution in [0.25, 0.3) is 11.4 Å². The first-order chi connectivity index (χ1) is 15.8. The molecule has 2 N–H and O–H groups in total. The Bertz CT molecular complexity index is 1360. The SMILES string of the molecule is CN1CCN(S(=O)(=O)c2cccc(C3=C4C(=O)NC(c5cccc(Cl)c5)=C4C(=O)N3)c2)CC1. The van der Waals surface area contributed by atoms with Gasteiger partial charge in [0.25, 0.3) is 11.8 Å². The van der Waals surface area contributed by atoms with E-state index in [1.165, 1.54) is 16.4 Å². The summed E-state index contributed by atoms with van der Waals surface area (Å²) in [6.45, 7) is 2.13. The number of carbonyl (C=O) groups excluding carboxylic acids is 2. The van der Waals surface area contributed by atoms with E-state index in [1.54, 1.807) is 36.4 Å². The van der Waals surface area contributed by atoms with E-state index in [0.717, 1.165) is 0 Å². The number of benzene rings is 2. The molecule has 2 aromatic carbocycles. The molecule has 5 rings (SSSR count). The van der Waals surface area contributed by atoms with Crippen molar-refractivity contribution in [2.45, 2.75) is 4.90 Å². The average molecular weight is 485 g/mol. The number of sulfonamides is 1. The third-order valence-electron chi connectivity index (χ3n) is 6.02. The van der Waals surface area contributed by atoms with Crippen LogP contribution in [0.2, 0.25) is 5.02 Å². The van der Waals surface area contributed by atoms with Gasteiger partial charge in [0.1, 0.15) is 0 Å². The van der Waals surface area contributed by atoms with Crippen LogP contribution in [0.4, 0.5) is 0 Å². The topological polar surface area (TPSA) is 98.8 Å². The van der Waals surface area contributed by atoms with Crippen LogP contribution in [0.15, 0.2) is 64.6 Å². The second-order valence-corrected chi connectivity index (χ2v) is 10.5. The van der Waals surface area contributed by atoms with Gasteiger partial charge in [-0.15, -0.1) is 0 Å². The lowest BCUT2D eigenvalue weighted by molar-refractivity contribution is -0.117. The summed E-state index contributed by atoms with van der Waals surface area (Å²) in [4.78, 5) is 27.9. The summed E-state index contributed by atoms with van der Waals surface area (Å²) < 4.78 is 27.8. The van der Waals surface area contributed by atoms with E-state index in [1.807, 2.05) is 7.05 Å². The van der Waals surface area contributed by atoms with E-state index in [4.69, 9.17) is 11.6 Å². The molecule has 1 fully saturated rings. The Kier molecular flexibility index (Phi) is 5.37. The molecular weight excluding hydrogens is 464 g/mol. The maximum absolute atomic E-state index is 13.2. The number of nitrogens with zero attached hydrogens (tertiary/aromatic N) is 2. The summed E-state index contributed by atoms with van der Waals surface area (Å²) >= 11 is 6.08. The molecule has 3 aliphatic heterocycles. The molecular formula is C23H21ClN4O4S. The van der Waals surface area contributed by atoms with E-state index >= 15 is 0 Å². The van der Waals surface area contributed by atoms with Crippen molar-refractivity contribution < 1.29 is 18.0 Å². The Morgan fingerprint density at radius 2 is 1.36 bits per heavy atom. The molecule has 2 aromatic rings. The molecule has 0 aromatic heterocycles. The first-order valence-corrected chi connectivity index (χ1v) is 12.2. The molecule has 0 unspecified atom stereocenters. The predicted octanol–water partition coefficient (Wildman–Crippen LogP) is 1.66. The fourth-order valence-corrected chi connectivity index (χ4v) is 5.91. The second-order valence-electron chi connectivity index (χ2n) is 8.15. The van der Waals surface area contributed by atoms with E-state index in [0.29, 0.717) is 53.7 Å². The number of fused-ring (bicyclic) bond motifs is 1. The van der Waals surface area contributed by atoms with Crippen molar-refractivity contribution in [3.05, 3.63) is 75.8 Å². The molecule has 8 nitrogen and oxygen atoms in total. The molecule has 3 heterocycles. The van der Waals surface area contributed by atoms with Crippen LogP contribution in [0, 0.1) is 0 Å². The Morgan fingerprint density at radius 3 is 1.94 bits per heavy atom. The Balaban J connectivity index is 1.56. The number of amides is 2. The minimum absolute atomic E-state index is 0.123. The fourth-order valence-electron chi connectivity index (χ4n) is 4.25. The summed E-state index contributed by atoms with van der Waals surface area (Å²) in [5, 5.41) is 6.00. The first-order valence-electron chi connectivity index (χ1n) is 10.4. The van der Waals surface area contributed by atoms with Crippen LogP contribution in [0.3, 0.4) is 0 Å². The van der Waals surface area contributed by atoms with Crippen LogP contribution < -0.4 is 10.6 Å². The summed E-state index contributed by atoms with van der Waals surface area (Å²) in [5.41, 5.74) is 2.16. The van der Waals surface area contributed by atoms with E-state index in [2.05, 4.69) is 15.5 Å². The van der Waals surface area contributed by atoms with Gasteiger partial charge in [0.15, 0.2) is 0 Å². The van der Waals surface area contributed by atoms with Gasteiger partial charge in [0, 0.05) is 42.3 Å². The average Bonchev–Trinajstić information content (AvgIpc) is 3.32. The van der Waals surface area contributed by atoms with Gasteiger partial charge in [-0.1, -0.05) is 35.9 Å². The standard InChI is InChI=1S/C23H21ClN4O4S/c1-27-8-10-28(11-9-27)33(31,32)17-7-3-5-15(13-17)21-19-18(22(29)26-21)20(25-23(19)30)14-4-2-6-16(24)12-14/h2-7,12-13H,8-11H2,1H3,(H,25,30)(H,26,29). The molecule has 0 radical (unpaired) electrons. The zero-order valence-corrected chi connectivity index (χ0v) is 19.3. The monoisotopic (exact) mass is 484 g/mol. The van der Waals surface area contributed by atoms with Crippen LogP contribution in [-0.2, 0) is 19.6 Å². The number of likely N-dealkylation sites (N-methyl/N-ethyl adjacent to an activating group) is 1. The van der Waals surface area contributed by atoms with Gasteiger partial charge in [0.05, 0.1) is 27.4 Å². The third-order valence-corrected chi connectivity index (χ3v) is 8.15. The van der Waals surface area contributed by atoms with Crippen molar-refractivity contribution in [2.24, 2.45) is 0 Å². The number of rotatable bonds is 4. The number of halogens is 1. The van der Waals surface area contributed by atoms with Gasteiger partial charge in [-0.2, -0.15) is 4.31 Å². The molecule has 33 heavy (non-hydrogen) atoms. The Morgan fingerprint density at radius 1 is 0.818 bits per heavy atom. The number of piperazine rings is 1. The molecule has 0 aliphatic carbocycles. The summed E-state index contributed by atoms with van der Waals surface area (Å²) in [6.07, 6.45) is 0. The number of nitrogens with one attached hydrogen (secondary N) is 2. The zero-order valence-electron chi connectivity index (χ0n) is 17.8. The third kappa shape index (κ3) is 3.76. The van der Waals surface area contributed by atoms with Gasteiger partial charge in [0.2, 0.25) is 10.0 Å². The van der Waals surface area contributed by atoms with E-state index in [9.17, 15) is 18.0 Å². The van der Waals surface area contributed by atoms with Crippen LogP contribution in [0.1, 0.15) is 11.1 Å². The Hall–Kier alpha value is -2.98. The van der Waals surface area contributed by atoms with Crippen LogP contribution in [-0.4, -0.2) is 62.7 Å². The van der Waals surface area contributed by atoms with Crippen LogP contribution >= 0.6 is 11.6 Å². The maximum atomic E-state index is 13.2. The predicted molar refractivity (Wildman–Crippen MR) is 124 cm³/mol. The van der Waals surface area contributed by atoms with Crippen molar-refractivity contribution >= 4 is 44.8 Å². The smallest absolute Gasteiger partial charge is 0.258 e. The number of hydrogen-bond acceptors (Lipinski definition) is 5. The van der Waals surface area contributed by atoms with E-state index < -0.39 is 21.8 Å². The zero-order chi connectivity index (χ0) is 23.3. The number of hydrogen-bond donors (Lipinski definition) is 2. The Labute approximate surface area is 196 Å². The quantitative estimate of drug-likeness (QED) is 0.687. The summed E-state index contributed by atoms with van der Waals surface area (Å²) in [5.74, 6) is -0.860. The lowest BCUT2D eigenvalue weighted by Crippen LogP contribution is -2.47. The van der Waals surface area contributed by atoms with Crippen molar-refractivity contribution in [1.29, 1.82) is 0 Å². The largest absolute Gasteiger partial charge is 0.321 e. The molecule has 1 saturated heterocycles. The second kappa shape index (κ2) is 8.11. The molecule has 0 saturated carbocycles. The molecule has 0 bridgehead atoms. The lowest BCUT2D eigenvalue weighted by atomic mass is 10.0. The summed E-state index contributed by atoms with van der Waals surface area (Å²) in [6, 6.07) is 13.2. The summed E-state index contributed by atoms with van der Waals surface area (Å²) in [7, 11) is -1.75. The van der Waals surface area contributed by atoms with Gasteiger partial charge in [-0.3, -0.25) is 9.59 Å². The molecule has 2 amide bonds. The lowest BCUT2D eigenvalue weighted by Gasteiger charge is -2.31. The normalized spacial score (nSPS) is 19.7.